The van der Waals surface area contributed by atoms with E-state index in [0.29, 0.717) is 12.3 Å². The Labute approximate surface area is 133 Å². The summed E-state index contributed by atoms with van der Waals surface area (Å²) >= 11 is 0. The van der Waals surface area contributed by atoms with Gasteiger partial charge in [-0.2, -0.15) is 0 Å². The lowest BCUT2D eigenvalue weighted by Gasteiger charge is -2.22. The van der Waals surface area contributed by atoms with Crippen LogP contribution in [-0.2, 0) is 4.79 Å². The van der Waals surface area contributed by atoms with Gasteiger partial charge in [-0.15, -0.1) is 0 Å². The van der Waals surface area contributed by atoms with Crippen LogP contribution in [0.3, 0.4) is 0 Å². The highest BCUT2D eigenvalue weighted by molar-refractivity contribution is 5.91. The van der Waals surface area contributed by atoms with Crippen molar-refractivity contribution in [3.05, 3.63) is 36.4 Å². The minimum absolute atomic E-state index is 0.124. The van der Waals surface area contributed by atoms with Gasteiger partial charge in [-0.1, -0.05) is 25.0 Å². The van der Waals surface area contributed by atoms with E-state index in [1.54, 1.807) is 0 Å². The summed E-state index contributed by atoms with van der Waals surface area (Å²) in [6, 6.07) is 8.33. The number of nitrogens with one attached hydrogen (secondary N) is 1. The standard InChI is InChI=1S/C19H26N2O/c22-19(15-16-7-3-4-8-16)20-17-9-11-18(12-10-17)21-13-5-1-2-6-14-21/h3,7,9-12,16H,1-2,4-6,8,13-15H2,(H,20,22)/t16-/m0/s1. The zero-order valence-electron chi connectivity index (χ0n) is 13.3. The monoisotopic (exact) mass is 298 g/mol. The maximum atomic E-state index is 12.0. The minimum atomic E-state index is 0.124. The van der Waals surface area contributed by atoms with Crippen LogP contribution >= 0.6 is 0 Å². The Morgan fingerprint density at radius 2 is 1.82 bits per heavy atom. The molecule has 1 amide bonds. The van der Waals surface area contributed by atoms with Gasteiger partial charge in [-0.25, -0.2) is 0 Å². The highest BCUT2D eigenvalue weighted by Gasteiger charge is 2.14. The first-order chi connectivity index (χ1) is 10.8. The van der Waals surface area contributed by atoms with Gasteiger partial charge in [0.2, 0.25) is 5.91 Å². The lowest BCUT2D eigenvalue weighted by atomic mass is 10.1. The summed E-state index contributed by atoms with van der Waals surface area (Å²) in [6.45, 7) is 2.31. The van der Waals surface area contributed by atoms with Crippen LogP contribution in [0.1, 0.15) is 44.9 Å². The quantitative estimate of drug-likeness (QED) is 0.838. The molecule has 1 N–H and O–H groups in total. The predicted molar refractivity (Wildman–Crippen MR) is 92.2 cm³/mol. The first kappa shape index (κ1) is 15.1. The Morgan fingerprint density at radius 1 is 1.09 bits per heavy atom. The summed E-state index contributed by atoms with van der Waals surface area (Å²) < 4.78 is 0. The van der Waals surface area contributed by atoms with E-state index < -0.39 is 0 Å². The molecular formula is C19H26N2O. The van der Waals surface area contributed by atoms with Crippen LogP contribution in [0.15, 0.2) is 36.4 Å². The van der Waals surface area contributed by atoms with Crippen molar-refractivity contribution in [2.75, 3.05) is 23.3 Å². The summed E-state index contributed by atoms with van der Waals surface area (Å²) in [5, 5.41) is 3.02. The molecule has 1 aromatic rings. The highest BCUT2D eigenvalue weighted by atomic mass is 16.1. The third-order valence-electron chi connectivity index (χ3n) is 4.68. The molecule has 0 unspecified atom stereocenters. The Bertz CT molecular complexity index is 513. The molecule has 0 bridgehead atoms. The molecule has 1 atom stereocenters. The van der Waals surface area contributed by atoms with Crippen LogP contribution in [0.4, 0.5) is 11.4 Å². The van der Waals surface area contributed by atoms with Crippen LogP contribution in [-0.4, -0.2) is 19.0 Å². The highest BCUT2D eigenvalue weighted by Crippen LogP contribution is 2.23. The fourth-order valence-electron chi connectivity index (χ4n) is 3.40. The molecule has 0 spiro atoms. The number of hydrogen-bond donors (Lipinski definition) is 1. The number of anilines is 2. The number of allylic oxidation sites excluding steroid dienone is 2. The number of carbonyl (C=O) groups excluding carboxylic acids is 1. The van der Waals surface area contributed by atoms with Gasteiger partial charge >= 0.3 is 0 Å². The lowest BCUT2D eigenvalue weighted by molar-refractivity contribution is -0.116. The number of hydrogen-bond acceptors (Lipinski definition) is 2. The van der Waals surface area contributed by atoms with Gasteiger partial charge in [0.05, 0.1) is 0 Å². The third kappa shape index (κ3) is 4.12. The molecule has 0 saturated carbocycles. The molecule has 1 aliphatic heterocycles. The fraction of sp³-hybridized carbons (Fsp3) is 0.526. The summed E-state index contributed by atoms with van der Waals surface area (Å²) in [4.78, 5) is 14.5. The average Bonchev–Trinajstić information content (AvgIpc) is 2.87. The van der Waals surface area contributed by atoms with Crippen molar-refractivity contribution >= 4 is 17.3 Å². The van der Waals surface area contributed by atoms with Gasteiger partial charge in [-0.05, 0) is 55.9 Å². The maximum absolute atomic E-state index is 12.0. The van der Waals surface area contributed by atoms with Crippen LogP contribution in [0.2, 0.25) is 0 Å². The zero-order chi connectivity index (χ0) is 15.2. The number of rotatable bonds is 4. The van der Waals surface area contributed by atoms with Crippen LogP contribution in [0.5, 0.6) is 0 Å². The predicted octanol–water partition coefficient (Wildman–Crippen LogP) is 4.36. The summed E-state index contributed by atoms with van der Waals surface area (Å²) in [7, 11) is 0. The molecule has 1 aromatic carbocycles. The van der Waals surface area contributed by atoms with E-state index in [4.69, 9.17) is 0 Å². The van der Waals surface area contributed by atoms with Crippen molar-refractivity contribution in [3.8, 4) is 0 Å². The van der Waals surface area contributed by atoms with E-state index in [9.17, 15) is 4.79 Å². The van der Waals surface area contributed by atoms with Gasteiger partial charge in [0.25, 0.3) is 0 Å². The van der Waals surface area contributed by atoms with Gasteiger partial charge < -0.3 is 10.2 Å². The molecule has 1 saturated heterocycles. The van der Waals surface area contributed by atoms with Gasteiger partial charge in [-0.3, -0.25) is 4.79 Å². The first-order valence-corrected chi connectivity index (χ1v) is 8.63. The van der Waals surface area contributed by atoms with E-state index in [1.807, 2.05) is 12.1 Å². The number of nitrogens with zero attached hydrogens (tertiary/aromatic N) is 1. The summed E-state index contributed by atoms with van der Waals surface area (Å²) in [5.74, 6) is 0.551. The first-order valence-electron chi connectivity index (χ1n) is 8.63. The summed E-state index contributed by atoms with van der Waals surface area (Å²) in [6.07, 6.45) is 12.4. The average molecular weight is 298 g/mol. The minimum Gasteiger partial charge on any atom is -0.372 e. The largest absolute Gasteiger partial charge is 0.372 e. The molecule has 1 heterocycles. The van der Waals surface area contributed by atoms with Gasteiger partial charge in [0.15, 0.2) is 0 Å². The smallest absolute Gasteiger partial charge is 0.224 e. The molecule has 118 valence electrons. The molecule has 2 aliphatic rings. The zero-order valence-corrected chi connectivity index (χ0v) is 13.3. The number of amides is 1. The topological polar surface area (TPSA) is 32.3 Å². The Morgan fingerprint density at radius 3 is 2.45 bits per heavy atom. The van der Waals surface area contributed by atoms with Crippen molar-refractivity contribution in [2.24, 2.45) is 5.92 Å². The molecule has 22 heavy (non-hydrogen) atoms. The van der Waals surface area contributed by atoms with Gasteiger partial charge in [0, 0.05) is 30.9 Å². The van der Waals surface area contributed by atoms with Crippen LogP contribution in [0.25, 0.3) is 0 Å². The Hall–Kier alpha value is -1.77. The second-order valence-electron chi connectivity index (χ2n) is 6.47. The Kier molecular flexibility index (Phi) is 5.15. The number of benzene rings is 1. The van der Waals surface area contributed by atoms with Crippen LogP contribution in [0, 0.1) is 5.92 Å². The van der Waals surface area contributed by atoms with E-state index in [0.717, 1.165) is 31.6 Å². The van der Waals surface area contributed by atoms with Crippen molar-refractivity contribution < 1.29 is 4.79 Å². The maximum Gasteiger partial charge on any atom is 0.224 e. The van der Waals surface area contributed by atoms with E-state index in [2.05, 4.69) is 34.5 Å². The molecule has 1 fully saturated rings. The fourth-order valence-corrected chi connectivity index (χ4v) is 3.40. The SMILES string of the molecule is O=C(C[C@H]1C=CCC1)Nc1ccc(N2CCCCCC2)cc1. The van der Waals surface area contributed by atoms with Crippen molar-refractivity contribution in [1.29, 1.82) is 0 Å². The van der Waals surface area contributed by atoms with Crippen molar-refractivity contribution in [2.45, 2.75) is 44.9 Å². The van der Waals surface area contributed by atoms with Crippen LogP contribution < -0.4 is 10.2 Å². The number of carbonyl (C=O) groups is 1. The van der Waals surface area contributed by atoms with Crippen molar-refractivity contribution in [1.82, 2.24) is 0 Å². The lowest BCUT2D eigenvalue weighted by Crippen LogP contribution is -2.23. The molecular weight excluding hydrogens is 272 g/mol. The second-order valence-corrected chi connectivity index (χ2v) is 6.47. The molecule has 3 nitrogen and oxygen atoms in total. The summed E-state index contributed by atoms with van der Waals surface area (Å²) in [5.41, 5.74) is 2.18. The molecule has 3 heteroatoms. The Balaban J connectivity index is 1.54. The van der Waals surface area contributed by atoms with E-state index >= 15 is 0 Å². The van der Waals surface area contributed by atoms with E-state index in [-0.39, 0.29) is 5.91 Å². The molecule has 3 rings (SSSR count). The molecule has 1 aliphatic carbocycles. The molecule has 0 aromatic heterocycles. The van der Waals surface area contributed by atoms with Crippen molar-refractivity contribution in [3.63, 3.8) is 0 Å². The third-order valence-corrected chi connectivity index (χ3v) is 4.68. The van der Waals surface area contributed by atoms with E-state index in [1.165, 1.54) is 31.4 Å². The van der Waals surface area contributed by atoms with Gasteiger partial charge in [0.1, 0.15) is 0 Å². The second kappa shape index (κ2) is 7.48. The normalized spacial score (nSPS) is 21.6. The molecule has 0 radical (unpaired) electrons.